The summed E-state index contributed by atoms with van der Waals surface area (Å²) in [5.74, 6) is 0. The summed E-state index contributed by atoms with van der Waals surface area (Å²) in [6.45, 7) is 5.88. The van der Waals surface area contributed by atoms with Gasteiger partial charge < -0.3 is 9.64 Å². The number of rotatable bonds is 7. The topological polar surface area (TPSA) is 28.6 Å². The van der Waals surface area contributed by atoms with E-state index in [9.17, 15) is 0 Å². The normalized spacial score (nSPS) is 15.4. The molecule has 1 aromatic heterocycles. The van der Waals surface area contributed by atoms with E-state index in [2.05, 4.69) is 63.3 Å². The summed E-state index contributed by atoms with van der Waals surface area (Å²) in [6, 6.07) is 21.0. The Hall–Kier alpha value is -2.21. The van der Waals surface area contributed by atoms with Gasteiger partial charge in [-0.05, 0) is 11.1 Å². The molecule has 1 aliphatic rings. The SMILES string of the molecule is c1ccc(C(OCCN2CCN(c3nccs3)CC2)c2ccccc2)cc1. The molecule has 5 heteroatoms. The van der Waals surface area contributed by atoms with Gasteiger partial charge in [-0.2, -0.15) is 0 Å². The van der Waals surface area contributed by atoms with Crippen molar-refractivity contribution in [3.05, 3.63) is 83.4 Å². The quantitative estimate of drug-likeness (QED) is 0.619. The molecule has 2 aromatic carbocycles. The lowest BCUT2D eigenvalue weighted by molar-refractivity contribution is 0.0586. The molecule has 0 radical (unpaired) electrons. The molecule has 0 N–H and O–H groups in total. The lowest BCUT2D eigenvalue weighted by atomic mass is 10.0. The number of ether oxygens (including phenoxy) is 1. The Morgan fingerprint density at radius 2 is 1.52 bits per heavy atom. The average molecular weight is 380 g/mol. The van der Waals surface area contributed by atoms with E-state index in [1.165, 1.54) is 11.1 Å². The van der Waals surface area contributed by atoms with Crippen molar-refractivity contribution in [3.8, 4) is 0 Å². The summed E-state index contributed by atoms with van der Waals surface area (Å²) in [5, 5.41) is 3.18. The van der Waals surface area contributed by atoms with Crippen molar-refractivity contribution in [3.63, 3.8) is 0 Å². The van der Waals surface area contributed by atoms with Crippen molar-refractivity contribution >= 4 is 16.5 Å². The fourth-order valence-corrected chi connectivity index (χ4v) is 4.17. The first-order valence-corrected chi connectivity index (χ1v) is 10.4. The zero-order valence-corrected chi connectivity index (χ0v) is 16.2. The number of anilines is 1. The van der Waals surface area contributed by atoms with Crippen molar-refractivity contribution < 1.29 is 4.74 Å². The largest absolute Gasteiger partial charge is 0.367 e. The first-order chi connectivity index (χ1) is 13.4. The summed E-state index contributed by atoms with van der Waals surface area (Å²) in [5.41, 5.74) is 2.41. The highest BCUT2D eigenvalue weighted by Gasteiger charge is 2.19. The zero-order valence-electron chi connectivity index (χ0n) is 15.4. The molecule has 0 unspecified atom stereocenters. The maximum atomic E-state index is 6.35. The molecule has 0 spiro atoms. The van der Waals surface area contributed by atoms with Crippen LogP contribution in [0.3, 0.4) is 0 Å². The Bertz CT molecular complexity index is 747. The van der Waals surface area contributed by atoms with Crippen LogP contribution in [-0.2, 0) is 4.74 Å². The molecule has 0 amide bonds. The van der Waals surface area contributed by atoms with E-state index < -0.39 is 0 Å². The van der Waals surface area contributed by atoms with Crippen LogP contribution in [0.25, 0.3) is 0 Å². The van der Waals surface area contributed by atoms with E-state index in [0.29, 0.717) is 0 Å². The van der Waals surface area contributed by atoms with Crippen LogP contribution in [0.15, 0.2) is 72.2 Å². The summed E-state index contributed by atoms with van der Waals surface area (Å²) in [4.78, 5) is 9.28. The van der Waals surface area contributed by atoms with Crippen molar-refractivity contribution in [2.75, 3.05) is 44.2 Å². The van der Waals surface area contributed by atoms with E-state index in [1.54, 1.807) is 11.3 Å². The second kappa shape index (κ2) is 9.13. The first kappa shape index (κ1) is 18.2. The van der Waals surface area contributed by atoms with Crippen LogP contribution in [0.1, 0.15) is 17.2 Å². The summed E-state index contributed by atoms with van der Waals surface area (Å²) in [7, 11) is 0. The summed E-state index contributed by atoms with van der Waals surface area (Å²) < 4.78 is 6.35. The minimum absolute atomic E-state index is 0.0102. The van der Waals surface area contributed by atoms with E-state index in [1.807, 2.05) is 23.7 Å². The molecule has 0 aliphatic carbocycles. The Labute approximate surface area is 165 Å². The van der Waals surface area contributed by atoms with Gasteiger partial charge in [-0.3, -0.25) is 4.90 Å². The van der Waals surface area contributed by atoms with Gasteiger partial charge in [0.2, 0.25) is 0 Å². The molecule has 0 atom stereocenters. The number of hydrogen-bond donors (Lipinski definition) is 0. The van der Waals surface area contributed by atoms with Gasteiger partial charge in [0.15, 0.2) is 5.13 Å². The average Bonchev–Trinajstić information content (AvgIpc) is 3.28. The van der Waals surface area contributed by atoms with Crippen molar-refractivity contribution in [2.24, 2.45) is 0 Å². The lowest BCUT2D eigenvalue weighted by Crippen LogP contribution is -2.47. The second-order valence-corrected chi connectivity index (χ2v) is 7.59. The van der Waals surface area contributed by atoms with Crippen LogP contribution in [0.5, 0.6) is 0 Å². The minimum atomic E-state index is -0.0102. The Kier molecular flexibility index (Phi) is 6.14. The monoisotopic (exact) mass is 379 g/mol. The van der Waals surface area contributed by atoms with Crippen LogP contribution in [0.4, 0.5) is 5.13 Å². The van der Waals surface area contributed by atoms with E-state index >= 15 is 0 Å². The van der Waals surface area contributed by atoms with Gasteiger partial charge in [-0.15, -0.1) is 11.3 Å². The number of aromatic nitrogens is 1. The van der Waals surface area contributed by atoms with Crippen molar-refractivity contribution in [2.45, 2.75) is 6.10 Å². The third-order valence-electron chi connectivity index (χ3n) is 4.96. The summed E-state index contributed by atoms with van der Waals surface area (Å²) in [6.07, 6.45) is 1.87. The molecule has 1 fully saturated rings. The fraction of sp³-hybridized carbons (Fsp3) is 0.318. The number of thiazole rings is 1. The van der Waals surface area contributed by atoms with Crippen LogP contribution in [-0.4, -0.2) is 49.2 Å². The predicted molar refractivity (Wildman–Crippen MR) is 111 cm³/mol. The highest BCUT2D eigenvalue weighted by molar-refractivity contribution is 7.13. The molecule has 1 aliphatic heterocycles. The smallest absolute Gasteiger partial charge is 0.185 e. The molecule has 4 nitrogen and oxygen atoms in total. The zero-order chi connectivity index (χ0) is 18.3. The number of piperazine rings is 1. The Morgan fingerprint density at radius 3 is 2.07 bits per heavy atom. The number of hydrogen-bond acceptors (Lipinski definition) is 5. The molecule has 27 heavy (non-hydrogen) atoms. The Morgan fingerprint density at radius 1 is 0.889 bits per heavy atom. The van der Waals surface area contributed by atoms with Crippen LogP contribution in [0, 0.1) is 0 Å². The van der Waals surface area contributed by atoms with Gasteiger partial charge in [-0.25, -0.2) is 4.98 Å². The third kappa shape index (κ3) is 4.75. The molecular formula is C22H25N3OS. The Balaban J connectivity index is 1.31. The second-order valence-electron chi connectivity index (χ2n) is 6.72. The maximum absolute atomic E-state index is 6.35. The van der Waals surface area contributed by atoms with Gasteiger partial charge in [0, 0.05) is 44.3 Å². The maximum Gasteiger partial charge on any atom is 0.185 e. The van der Waals surface area contributed by atoms with Gasteiger partial charge in [0.05, 0.1) is 6.61 Å². The lowest BCUT2D eigenvalue weighted by Gasteiger charge is -2.34. The highest BCUT2D eigenvalue weighted by atomic mass is 32.1. The van der Waals surface area contributed by atoms with Gasteiger partial charge in [-0.1, -0.05) is 60.7 Å². The van der Waals surface area contributed by atoms with Gasteiger partial charge in [0.1, 0.15) is 6.10 Å². The molecule has 1 saturated heterocycles. The van der Waals surface area contributed by atoms with Crippen molar-refractivity contribution in [1.29, 1.82) is 0 Å². The van der Waals surface area contributed by atoms with E-state index in [0.717, 1.165) is 44.5 Å². The van der Waals surface area contributed by atoms with Crippen LogP contribution >= 0.6 is 11.3 Å². The van der Waals surface area contributed by atoms with Gasteiger partial charge >= 0.3 is 0 Å². The van der Waals surface area contributed by atoms with Crippen molar-refractivity contribution in [1.82, 2.24) is 9.88 Å². The van der Waals surface area contributed by atoms with Gasteiger partial charge in [0.25, 0.3) is 0 Å². The molecule has 140 valence electrons. The van der Waals surface area contributed by atoms with E-state index in [4.69, 9.17) is 4.74 Å². The number of nitrogens with zero attached hydrogens (tertiary/aromatic N) is 3. The third-order valence-corrected chi connectivity index (χ3v) is 5.79. The minimum Gasteiger partial charge on any atom is -0.367 e. The highest BCUT2D eigenvalue weighted by Crippen LogP contribution is 2.26. The fourth-order valence-electron chi connectivity index (χ4n) is 3.48. The molecule has 0 bridgehead atoms. The molecule has 4 rings (SSSR count). The predicted octanol–water partition coefficient (Wildman–Crippen LogP) is 4.07. The first-order valence-electron chi connectivity index (χ1n) is 9.48. The number of benzene rings is 2. The standard InChI is InChI=1S/C22H25N3OS/c1-3-7-19(8-4-1)21(20-9-5-2-6-10-20)26-17-16-24-12-14-25(15-13-24)22-23-11-18-27-22/h1-11,18,21H,12-17H2. The molecule has 3 aromatic rings. The molecular weight excluding hydrogens is 354 g/mol. The molecule has 0 saturated carbocycles. The van der Waals surface area contributed by atoms with E-state index in [-0.39, 0.29) is 6.10 Å². The van der Waals surface area contributed by atoms with Crippen LogP contribution < -0.4 is 4.90 Å². The molecule has 2 heterocycles. The summed E-state index contributed by atoms with van der Waals surface area (Å²) >= 11 is 1.72. The van der Waals surface area contributed by atoms with Crippen LogP contribution in [0.2, 0.25) is 0 Å².